The van der Waals surface area contributed by atoms with Crippen molar-refractivity contribution in [1.29, 1.82) is 0 Å². The fraction of sp³-hybridized carbons (Fsp3) is 0.583. The summed E-state index contributed by atoms with van der Waals surface area (Å²) in [5.41, 5.74) is 8.58. The van der Waals surface area contributed by atoms with Gasteiger partial charge in [-0.1, -0.05) is 11.8 Å². The number of nitrogen functional groups attached to an aromatic ring is 1. The zero-order valence-electron chi connectivity index (χ0n) is 10.9. The number of nitrogens with two attached hydrogens (primary N) is 1. The molecule has 7 heteroatoms. The zero-order chi connectivity index (χ0) is 13.2. The Kier molecular flexibility index (Phi) is 3.67. The SMILES string of the molecule is Cc1nc(N)nc2c1N=C(CN1CCOCC1)CS2. The lowest BCUT2D eigenvalue weighted by Gasteiger charge is -2.28. The van der Waals surface area contributed by atoms with Gasteiger partial charge < -0.3 is 10.5 Å². The molecule has 0 bridgehead atoms. The van der Waals surface area contributed by atoms with Crippen LogP contribution in [0.15, 0.2) is 10.0 Å². The number of anilines is 1. The minimum absolute atomic E-state index is 0.329. The fourth-order valence-electron chi connectivity index (χ4n) is 2.23. The highest BCUT2D eigenvalue weighted by Crippen LogP contribution is 2.34. The van der Waals surface area contributed by atoms with Crippen molar-refractivity contribution >= 4 is 29.1 Å². The summed E-state index contributed by atoms with van der Waals surface area (Å²) in [6.07, 6.45) is 0. The van der Waals surface area contributed by atoms with E-state index in [1.807, 2.05) is 6.92 Å². The van der Waals surface area contributed by atoms with E-state index in [4.69, 9.17) is 15.5 Å². The van der Waals surface area contributed by atoms with E-state index in [0.29, 0.717) is 5.95 Å². The molecule has 3 rings (SSSR count). The van der Waals surface area contributed by atoms with Crippen LogP contribution in [0.4, 0.5) is 11.6 Å². The van der Waals surface area contributed by atoms with Crippen molar-refractivity contribution in [3.05, 3.63) is 5.69 Å². The van der Waals surface area contributed by atoms with E-state index in [9.17, 15) is 0 Å². The average molecular weight is 279 g/mol. The largest absolute Gasteiger partial charge is 0.379 e. The van der Waals surface area contributed by atoms with Crippen LogP contribution in [-0.2, 0) is 4.74 Å². The van der Waals surface area contributed by atoms with Crippen LogP contribution >= 0.6 is 11.8 Å². The lowest BCUT2D eigenvalue weighted by molar-refractivity contribution is 0.0452. The number of nitrogens with zero attached hydrogens (tertiary/aromatic N) is 4. The molecule has 1 saturated heterocycles. The Morgan fingerprint density at radius 1 is 1.32 bits per heavy atom. The molecule has 6 nitrogen and oxygen atoms in total. The molecule has 0 atom stereocenters. The van der Waals surface area contributed by atoms with Gasteiger partial charge in [-0.25, -0.2) is 9.97 Å². The minimum Gasteiger partial charge on any atom is -0.379 e. The molecular formula is C12H17N5OS. The topological polar surface area (TPSA) is 76.6 Å². The van der Waals surface area contributed by atoms with Crippen LogP contribution in [0.25, 0.3) is 0 Å². The summed E-state index contributed by atoms with van der Waals surface area (Å²) >= 11 is 1.69. The minimum atomic E-state index is 0.329. The van der Waals surface area contributed by atoms with E-state index in [1.54, 1.807) is 11.8 Å². The number of hydrogen-bond acceptors (Lipinski definition) is 7. The number of aryl methyl sites for hydroxylation is 1. The first-order valence-corrected chi connectivity index (χ1v) is 7.34. The van der Waals surface area contributed by atoms with Gasteiger partial charge >= 0.3 is 0 Å². The molecule has 1 fully saturated rings. The highest BCUT2D eigenvalue weighted by Gasteiger charge is 2.20. The number of hydrogen-bond donors (Lipinski definition) is 1. The molecule has 0 aliphatic carbocycles. The van der Waals surface area contributed by atoms with Crippen LogP contribution in [0.2, 0.25) is 0 Å². The second-order valence-corrected chi connectivity index (χ2v) is 5.64. The Bertz CT molecular complexity index is 513. The van der Waals surface area contributed by atoms with E-state index in [1.165, 1.54) is 5.71 Å². The Labute approximate surface area is 116 Å². The van der Waals surface area contributed by atoms with Gasteiger partial charge in [0.05, 0.1) is 18.9 Å². The Balaban J connectivity index is 1.79. The number of morpholine rings is 1. The smallest absolute Gasteiger partial charge is 0.221 e. The van der Waals surface area contributed by atoms with Crippen LogP contribution in [0, 0.1) is 6.92 Å². The van der Waals surface area contributed by atoms with E-state index in [-0.39, 0.29) is 0 Å². The van der Waals surface area contributed by atoms with Gasteiger partial charge in [0.15, 0.2) is 0 Å². The highest BCUT2D eigenvalue weighted by molar-refractivity contribution is 8.00. The van der Waals surface area contributed by atoms with Gasteiger partial charge in [-0.2, -0.15) is 0 Å². The molecule has 0 spiro atoms. The Morgan fingerprint density at radius 3 is 2.89 bits per heavy atom. The van der Waals surface area contributed by atoms with Crippen LogP contribution in [-0.4, -0.2) is 59.2 Å². The molecule has 3 heterocycles. The third-order valence-electron chi connectivity index (χ3n) is 3.20. The van der Waals surface area contributed by atoms with Crippen molar-refractivity contribution in [2.45, 2.75) is 11.9 Å². The number of thioether (sulfide) groups is 1. The predicted octanol–water partition coefficient (Wildman–Crippen LogP) is 0.878. The molecule has 1 aromatic rings. The summed E-state index contributed by atoms with van der Waals surface area (Å²) in [7, 11) is 0. The van der Waals surface area contributed by atoms with Crippen molar-refractivity contribution in [3.8, 4) is 0 Å². The first-order chi connectivity index (χ1) is 9.22. The third-order valence-corrected chi connectivity index (χ3v) is 4.23. The average Bonchev–Trinajstić information content (AvgIpc) is 2.40. The monoisotopic (exact) mass is 279 g/mol. The van der Waals surface area contributed by atoms with Crippen LogP contribution < -0.4 is 5.73 Å². The maximum Gasteiger partial charge on any atom is 0.221 e. The third kappa shape index (κ3) is 2.88. The lowest BCUT2D eigenvalue weighted by atomic mass is 10.3. The van der Waals surface area contributed by atoms with Gasteiger partial charge in [0.25, 0.3) is 0 Å². The van der Waals surface area contributed by atoms with Crippen LogP contribution in [0.1, 0.15) is 5.69 Å². The summed E-state index contributed by atoms with van der Waals surface area (Å²) in [5.74, 6) is 1.20. The highest BCUT2D eigenvalue weighted by atomic mass is 32.2. The first-order valence-electron chi connectivity index (χ1n) is 6.36. The Morgan fingerprint density at radius 2 is 2.11 bits per heavy atom. The van der Waals surface area contributed by atoms with Gasteiger partial charge in [0.1, 0.15) is 10.7 Å². The van der Waals surface area contributed by atoms with Crippen LogP contribution in [0.5, 0.6) is 0 Å². The molecule has 2 N–H and O–H groups in total. The summed E-state index contributed by atoms with van der Waals surface area (Å²) in [5, 5.41) is 0.899. The summed E-state index contributed by atoms with van der Waals surface area (Å²) in [6.45, 7) is 6.42. The molecule has 1 aromatic heterocycles. The standard InChI is InChI=1S/C12H17N5OS/c1-8-10-11(16-12(13)14-8)19-7-9(15-10)6-17-2-4-18-5-3-17/h2-7H2,1H3,(H2,13,14,16). The zero-order valence-corrected chi connectivity index (χ0v) is 11.7. The molecule has 0 saturated carbocycles. The van der Waals surface area contributed by atoms with Gasteiger partial charge in [-0.15, -0.1) is 0 Å². The molecule has 0 amide bonds. The predicted molar refractivity (Wildman–Crippen MR) is 76.3 cm³/mol. The van der Waals surface area contributed by atoms with E-state index < -0.39 is 0 Å². The number of fused-ring (bicyclic) bond motifs is 1. The van der Waals surface area contributed by atoms with Crippen molar-refractivity contribution in [1.82, 2.24) is 14.9 Å². The summed E-state index contributed by atoms with van der Waals surface area (Å²) < 4.78 is 5.36. The molecule has 2 aliphatic heterocycles. The molecule has 0 radical (unpaired) electrons. The molecule has 2 aliphatic rings. The second-order valence-electron chi connectivity index (χ2n) is 4.68. The van der Waals surface area contributed by atoms with Crippen molar-refractivity contribution in [2.24, 2.45) is 4.99 Å². The normalized spacial score (nSPS) is 19.9. The number of ether oxygens (including phenoxy) is 1. The molecule has 102 valence electrons. The van der Waals surface area contributed by atoms with E-state index in [2.05, 4.69) is 14.9 Å². The maximum atomic E-state index is 5.66. The molecule has 0 unspecified atom stereocenters. The summed E-state index contributed by atoms with van der Waals surface area (Å²) in [6, 6.07) is 0. The molecule has 19 heavy (non-hydrogen) atoms. The lowest BCUT2D eigenvalue weighted by Crippen LogP contribution is -2.40. The maximum absolute atomic E-state index is 5.66. The number of aromatic nitrogens is 2. The van der Waals surface area contributed by atoms with Gasteiger partial charge in [-0.3, -0.25) is 9.89 Å². The second kappa shape index (κ2) is 5.44. The molecule has 0 aromatic carbocycles. The first kappa shape index (κ1) is 12.8. The van der Waals surface area contributed by atoms with Crippen LogP contribution in [0.3, 0.4) is 0 Å². The van der Waals surface area contributed by atoms with Gasteiger partial charge in [-0.05, 0) is 6.92 Å². The van der Waals surface area contributed by atoms with Crippen molar-refractivity contribution in [3.63, 3.8) is 0 Å². The summed E-state index contributed by atoms with van der Waals surface area (Å²) in [4.78, 5) is 15.5. The molecular weight excluding hydrogens is 262 g/mol. The number of rotatable bonds is 2. The van der Waals surface area contributed by atoms with Crippen molar-refractivity contribution in [2.75, 3.05) is 44.3 Å². The van der Waals surface area contributed by atoms with Gasteiger partial charge in [0.2, 0.25) is 5.95 Å². The van der Waals surface area contributed by atoms with Crippen molar-refractivity contribution < 1.29 is 4.74 Å². The Hall–Kier alpha value is -1.18. The van der Waals surface area contributed by atoms with E-state index >= 15 is 0 Å². The van der Waals surface area contributed by atoms with E-state index in [0.717, 1.165) is 55.0 Å². The van der Waals surface area contributed by atoms with Gasteiger partial charge in [0, 0.05) is 31.1 Å². The fourth-order valence-corrected chi connectivity index (χ4v) is 3.18. The number of aliphatic imine (C=N–C) groups is 1. The quantitative estimate of drug-likeness (QED) is 0.810.